The van der Waals surface area contributed by atoms with Gasteiger partial charge in [-0.2, -0.15) is 5.10 Å². The number of benzene rings is 1. The first-order valence-corrected chi connectivity index (χ1v) is 10.1. The van der Waals surface area contributed by atoms with Crippen LogP contribution in [0.4, 0.5) is 0 Å². The molecule has 0 unspecified atom stereocenters. The number of carbonyl (C=O) groups is 1. The molecule has 140 valence electrons. The van der Waals surface area contributed by atoms with E-state index in [4.69, 9.17) is 0 Å². The zero-order valence-electron chi connectivity index (χ0n) is 15.6. The summed E-state index contributed by atoms with van der Waals surface area (Å²) in [4.78, 5) is 18.3. The molecule has 1 amide bonds. The molecule has 0 aliphatic carbocycles. The van der Waals surface area contributed by atoms with Gasteiger partial charge in [0.1, 0.15) is 0 Å². The van der Waals surface area contributed by atoms with Gasteiger partial charge in [0.25, 0.3) is 5.91 Å². The lowest BCUT2D eigenvalue weighted by Gasteiger charge is -2.12. The van der Waals surface area contributed by atoms with E-state index >= 15 is 0 Å². The van der Waals surface area contributed by atoms with E-state index in [0.29, 0.717) is 12.1 Å². The zero-order chi connectivity index (χ0) is 19.1. The van der Waals surface area contributed by atoms with Crippen LogP contribution < -0.4 is 5.32 Å². The van der Waals surface area contributed by atoms with Gasteiger partial charge in [0, 0.05) is 17.6 Å². The molecule has 0 aliphatic heterocycles. The lowest BCUT2D eigenvalue weighted by atomic mass is 10.1. The molecule has 3 rings (SSSR count). The molecule has 2 aromatic heterocycles. The molecule has 6 heteroatoms. The standard InChI is InChI=1S/C21H24N4OS/c1-16(2)20-18(15-24-25(20)19-11-6-7-12-22-19)21(26)23-13-8-14-27-17-9-4-3-5-10-17/h3-7,9-12,15-16H,8,13-14H2,1-2H3,(H,23,26). The van der Waals surface area contributed by atoms with Crippen LogP contribution in [-0.2, 0) is 0 Å². The zero-order valence-corrected chi connectivity index (χ0v) is 16.4. The van der Waals surface area contributed by atoms with E-state index in [1.807, 2.05) is 36.4 Å². The molecule has 0 spiro atoms. The number of amides is 1. The van der Waals surface area contributed by atoms with Crippen LogP contribution in [0.25, 0.3) is 5.82 Å². The van der Waals surface area contributed by atoms with Gasteiger partial charge in [0.15, 0.2) is 5.82 Å². The third-order valence-electron chi connectivity index (χ3n) is 4.08. The molecule has 0 aliphatic rings. The minimum Gasteiger partial charge on any atom is -0.352 e. The highest BCUT2D eigenvalue weighted by Gasteiger charge is 2.20. The Hall–Kier alpha value is -2.60. The summed E-state index contributed by atoms with van der Waals surface area (Å²) in [6.45, 7) is 4.76. The monoisotopic (exact) mass is 380 g/mol. The van der Waals surface area contributed by atoms with Crippen molar-refractivity contribution in [1.29, 1.82) is 0 Å². The van der Waals surface area contributed by atoms with Crippen LogP contribution in [-0.4, -0.2) is 33.0 Å². The maximum atomic E-state index is 12.7. The van der Waals surface area contributed by atoms with E-state index < -0.39 is 0 Å². The topological polar surface area (TPSA) is 59.8 Å². The Morgan fingerprint density at radius 2 is 1.93 bits per heavy atom. The van der Waals surface area contributed by atoms with Gasteiger partial charge in [0.2, 0.25) is 0 Å². The average molecular weight is 381 g/mol. The minimum absolute atomic E-state index is 0.0782. The highest BCUT2D eigenvalue weighted by molar-refractivity contribution is 7.99. The van der Waals surface area contributed by atoms with Gasteiger partial charge < -0.3 is 5.32 Å². The molecule has 0 saturated heterocycles. The van der Waals surface area contributed by atoms with Crippen LogP contribution in [0.1, 0.15) is 42.2 Å². The van der Waals surface area contributed by atoms with Gasteiger partial charge in [-0.25, -0.2) is 9.67 Å². The second kappa shape index (κ2) is 9.37. The van der Waals surface area contributed by atoms with E-state index in [1.54, 1.807) is 28.8 Å². The smallest absolute Gasteiger partial charge is 0.254 e. The molecule has 0 bridgehead atoms. The average Bonchev–Trinajstić information content (AvgIpc) is 3.15. The summed E-state index contributed by atoms with van der Waals surface area (Å²) in [5, 5.41) is 7.42. The number of thioether (sulfide) groups is 1. The summed E-state index contributed by atoms with van der Waals surface area (Å²) in [5.41, 5.74) is 1.50. The second-order valence-corrected chi connectivity index (χ2v) is 7.64. The van der Waals surface area contributed by atoms with Crippen LogP contribution in [0.15, 0.2) is 65.8 Å². The Balaban J connectivity index is 1.59. The molecule has 0 fully saturated rings. The summed E-state index contributed by atoms with van der Waals surface area (Å²) in [7, 11) is 0. The van der Waals surface area contributed by atoms with Crippen LogP contribution in [0.5, 0.6) is 0 Å². The van der Waals surface area contributed by atoms with E-state index in [2.05, 4.69) is 41.4 Å². The minimum atomic E-state index is -0.0782. The lowest BCUT2D eigenvalue weighted by Crippen LogP contribution is -2.26. The van der Waals surface area contributed by atoms with Crippen molar-refractivity contribution in [2.75, 3.05) is 12.3 Å². The van der Waals surface area contributed by atoms with E-state index in [0.717, 1.165) is 23.7 Å². The van der Waals surface area contributed by atoms with Crippen LogP contribution in [0.3, 0.4) is 0 Å². The molecule has 0 radical (unpaired) electrons. The molecule has 27 heavy (non-hydrogen) atoms. The number of hydrogen-bond acceptors (Lipinski definition) is 4. The lowest BCUT2D eigenvalue weighted by molar-refractivity contribution is 0.0952. The van der Waals surface area contributed by atoms with Gasteiger partial charge in [-0.15, -0.1) is 11.8 Å². The summed E-state index contributed by atoms with van der Waals surface area (Å²) in [6, 6.07) is 16.0. The fraction of sp³-hybridized carbons (Fsp3) is 0.286. The first-order chi connectivity index (χ1) is 13.2. The van der Waals surface area contributed by atoms with Crippen LogP contribution in [0.2, 0.25) is 0 Å². The third-order valence-corrected chi connectivity index (χ3v) is 5.18. The molecule has 0 saturated carbocycles. The number of rotatable bonds is 8. The molecule has 0 atom stereocenters. The van der Waals surface area contributed by atoms with Crippen LogP contribution in [0, 0.1) is 0 Å². The Labute approximate surface area is 164 Å². The normalized spacial score (nSPS) is 10.9. The molecule has 1 N–H and O–H groups in total. The van der Waals surface area contributed by atoms with Crippen molar-refractivity contribution in [2.24, 2.45) is 0 Å². The second-order valence-electron chi connectivity index (χ2n) is 6.47. The predicted octanol–water partition coefficient (Wildman–Crippen LogP) is 4.30. The number of nitrogens with zero attached hydrogens (tertiary/aromatic N) is 3. The summed E-state index contributed by atoms with van der Waals surface area (Å²) in [5.74, 6) is 1.77. The van der Waals surface area contributed by atoms with E-state index in [9.17, 15) is 4.79 Å². The first-order valence-electron chi connectivity index (χ1n) is 9.12. The van der Waals surface area contributed by atoms with E-state index in [1.165, 1.54) is 4.90 Å². The quantitative estimate of drug-likeness (QED) is 0.467. The predicted molar refractivity (Wildman–Crippen MR) is 110 cm³/mol. The first kappa shape index (κ1) is 19.2. The summed E-state index contributed by atoms with van der Waals surface area (Å²) in [6.07, 6.45) is 4.28. The van der Waals surface area contributed by atoms with Gasteiger partial charge in [0.05, 0.1) is 17.5 Å². The van der Waals surface area contributed by atoms with Crippen molar-refractivity contribution < 1.29 is 4.79 Å². The van der Waals surface area contributed by atoms with Gasteiger partial charge in [-0.3, -0.25) is 4.79 Å². The number of nitrogens with one attached hydrogen (secondary N) is 1. The molecule has 3 aromatic rings. The molecular formula is C21H24N4OS. The maximum absolute atomic E-state index is 12.7. The van der Waals surface area contributed by atoms with Crippen molar-refractivity contribution >= 4 is 17.7 Å². The van der Waals surface area contributed by atoms with E-state index in [-0.39, 0.29) is 11.8 Å². The highest BCUT2D eigenvalue weighted by atomic mass is 32.2. The number of carbonyl (C=O) groups excluding carboxylic acids is 1. The molecule has 5 nitrogen and oxygen atoms in total. The van der Waals surface area contributed by atoms with Gasteiger partial charge in [-0.05, 0) is 42.4 Å². The Morgan fingerprint density at radius 3 is 2.63 bits per heavy atom. The van der Waals surface area contributed by atoms with Crippen molar-refractivity contribution in [3.05, 3.63) is 72.2 Å². The number of hydrogen-bond donors (Lipinski definition) is 1. The largest absolute Gasteiger partial charge is 0.352 e. The fourth-order valence-electron chi connectivity index (χ4n) is 2.83. The third kappa shape index (κ3) is 4.98. The molecular weight excluding hydrogens is 356 g/mol. The van der Waals surface area contributed by atoms with Crippen molar-refractivity contribution in [2.45, 2.75) is 31.1 Å². The van der Waals surface area contributed by atoms with Crippen molar-refractivity contribution in [3.63, 3.8) is 0 Å². The van der Waals surface area contributed by atoms with Crippen molar-refractivity contribution in [3.8, 4) is 5.82 Å². The van der Waals surface area contributed by atoms with Crippen LogP contribution >= 0.6 is 11.8 Å². The molecule has 2 heterocycles. The Kier molecular flexibility index (Phi) is 6.65. The Bertz CT molecular complexity index is 862. The number of aromatic nitrogens is 3. The summed E-state index contributed by atoms with van der Waals surface area (Å²) < 4.78 is 1.75. The fourth-order valence-corrected chi connectivity index (χ4v) is 3.70. The maximum Gasteiger partial charge on any atom is 0.254 e. The molecule has 1 aromatic carbocycles. The summed E-state index contributed by atoms with van der Waals surface area (Å²) >= 11 is 1.80. The van der Waals surface area contributed by atoms with Gasteiger partial charge >= 0.3 is 0 Å². The SMILES string of the molecule is CC(C)c1c(C(=O)NCCCSc2ccccc2)cnn1-c1ccccn1. The van der Waals surface area contributed by atoms with Gasteiger partial charge in [-0.1, -0.05) is 38.1 Å². The number of pyridine rings is 1. The highest BCUT2D eigenvalue weighted by Crippen LogP contribution is 2.22. The van der Waals surface area contributed by atoms with Crippen molar-refractivity contribution in [1.82, 2.24) is 20.1 Å². The Morgan fingerprint density at radius 1 is 1.15 bits per heavy atom.